The fraction of sp³-hybridized carbons (Fsp3) is 0. The van der Waals surface area contributed by atoms with E-state index in [1.165, 1.54) is 46.5 Å². The maximum atomic E-state index is 13.8. The summed E-state index contributed by atoms with van der Waals surface area (Å²) in [4.78, 5) is 44.3. The lowest BCUT2D eigenvalue weighted by atomic mass is 10.0. The van der Waals surface area contributed by atoms with Gasteiger partial charge in [0.1, 0.15) is 34.6 Å². The Morgan fingerprint density at radius 2 is 0.922 bits per heavy atom. The zero-order valence-corrected chi connectivity index (χ0v) is 32.9. The van der Waals surface area contributed by atoms with Gasteiger partial charge in [-0.15, -0.1) is 0 Å². The van der Waals surface area contributed by atoms with E-state index in [1.807, 2.05) is 0 Å². The van der Waals surface area contributed by atoms with Gasteiger partial charge in [-0.1, -0.05) is 48.5 Å². The van der Waals surface area contributed by atoms with Gasteiger partial charge in [-0.2, -0.15) is 30.1 Å². The highest BCUT2D eigenvalue weighted by molar-refractivity contribution is 6.14. The Hall–Kier alpha value is -10.1. The lowest BCUT2D eigenvalue weighted by Crippen LogP contribution is -2.17. The van der Waals surface area contributed by atoms with Gasteiger partial charge in [-0.05, 0) is 59.3 Å². The molecular formula is C44H30N16O4. The standard InChI is InChI=1S/C44H30N16O4/c45-21-27-23-51-59(43-47-15-5-16-48-43)39(27)57-55-35-31-9-3-1-7-25(31)19-33(37(35)61)41(63)53-29-11-13-30(14-12-29)54-42(64)34-20-26-8-2-4-10-32(26)36(38(34)62)56-58-40-28(22-46)24-52-60(40)44-49-17-6-18-50-44/h1-20,23-24,55-58,61-62H,(H,53,63)(H,54,64). The van der Waals surface area contributed by atoms with E-state index in [0.717, 1.165) is 0 Å². The summed E-state index contributed by atoms with van der Waals surface area (Å²) in [5.74, 6) is -1.26. The van der Waals surface area contributed by atoms with Crippen LogP contribution in [0.3, 0.4) is 0 Å². The fourth-order valence-corrected chi connectivity index (χ4v) is 6.76. The van der Waals surface area contributed by atoms with Crippen molar-refractivity contribution in [3.8, 4) is 35.5 Å². The molecule has 4 aromatic heterocycles. The monoisotopic (exact) mass is 846 g/mol. The molecule has 2 amide bonds. The molecule has 0 fully saturated rings. The predicted molar refractivity (Wildman–Crippen MR) is 236 cm³/mol. The minimum absolute atomic E-state index is 0.0619. The molecule has 0 atom stereocenters. The second-order valence-electron chi connectivity index (χ2n) is 13.7. The van der Waals surface area contributed by atoms with Crippen molar-refractivity contribution in [2.45, 2.75) is 0 Å². The summed E-state index contributed by atoms with van der Waals surface area (Å²) in [6.45, 7) is 0. The molecule has 20 heteroatoms. The average molecular weight is 847 g/mol. The van der Waals surface area contributed by atoms with E-state index in [4.69, 9.17) is 0 Å². The number of fused-ring (bicyclic) bond motifs is 2. The number of phenols is 2. The summed E-state index contributed by atoms with van der Waals surface area (Å²) in [7, 11) is 0. The van der Waals surface area contributed by atoms with Crippen molar-refractivity contribution in [1.82, 2.24) is 39.5 Å². The molecule has 0 saturated heterocycles. The van der Waals surface area contributed by atoms with Gasteiger partial charge in [0.25, 0.3) is 23.7 Å². The number of hydrazine groups is 2. The van der Waals surface area contributed by atoms with E-state index >= 15 is 0 Å². The van der Waals surface area contributed by atoms with Gasteiger partial charge in [-0.3, -0.25) is 31.3 Å². The molecule has 64 heavy (non-hydrogen) atoms. The molecule has 5 aromatic carbocycles. The number of phenolic OH excluding ortho intramolecular Hbond substituents is 2. The number of benzene rings is 5. The van der Waals surface area contributed by atoms with Crippen LogP contribution in [0.25, 0.3) is 33.4 Å². The van der Waals surface area contributed by atoms with Crippen molar-refractivity contribution in [3.63, 3.8) is 0 Å². The normalized spacial score (nSPS) is 10.7. The Bertz CT molecular complexity index is 3100. The van der Waals surface area contributed by atoms with Gasteiger partial charge < -0.3 is 20.8 Å². The first-order chi connectivity index (χ1) is 31.3. The molecule has 9 aromatic rings. The Morgan fingerprint density at radius 1 is 0.531 bits per heavy atom. The first-order valence-corrected chi connectivity index (χ1v) is 19.1. The number of carbonyl (C=O) groups is 2. The van der Waals surface area contributed by atoms with Crippen LogP contribution in [0.1, 0.15) is 31.8 Å². The van der Waals surface area contributed by atoms with E-state index in [-0.39, 0.29) is 68.7 Å². The highest BCUT2D eigenvalue weighted by Crippen LogP contribution is 2.38. The minimum Gasteiger partial charge on any atom is -0.505 e. The average Bonchev–Trinajstić information content (AvgIpc) is 3.95. The zero-order chi connectivity index (χ0) is 44.2. The van der Waals surface area contributed by atoms with Crippen LogP contribution in [0, 0.1) is 22.7 Å². The van der Waals surface area contributed by atoms with Crippen molar-refractivity contribution in [3.05, 3.63) is 156 Å². The lowest BCUT2D eigenvalue weighted by molar-refractivity contribution is 0.101. The van der Waals surface area contributed by atoms with Crippen LogP contribution in [-0.4, -0.2) is 61.5 Å². The van der Waals surface area contributed by atoms with Gasteiger partial charge in [0, 0.05) is 46.9 Å². The summed E-state index contributed by atoms with van der Waals surface area (Å²) in [6.07, 6.45) is 8.79. The topological polar surface area (TPSA) is 282 Å². The smallest absolute Gasteiger partial charge is 0.259 e. The fourth-order valence-electron chi connectivity index (χ4n) is 6.76. The molecule has 0 aliphatic carbocycles. The van der Waals surface area contributed by atoms with Crippen molar-refractivity contribution in [2.24, 2.45) is 0 Å². The first kappa shape index (κ1) is 39.4. The molecule has 20 nitrogen and oxygen atoms in total. The molecule has 0 aliphatic heterocycles. The number of rotatable bonds is 12. The highest BCUT2D eigenvalue weighted by Gasteiger charge is 2.23. The number of nitrogens with one attached hydrogen (secondary N) is 6. The summed E-state index contributed by atoms with van der Waals surface area (Å²) >= 11 is 0. The minimum atomic E-state index is -0.639. The Balaban J connectivity index is 0.928. The van der Waals surface area contributed by atoms with Crippen molar-refractivity contribution in [2.75, 3.05) is 32.3 Å². The van der Waals surface area contributed by atoms with Gasteiger partial charge in [0.15, 0.2) is 23.1 Å². The number of anilines is 6. The van der Waals surface area contributed by atoms with E-state index in [9.17, 15) is 30.3 Å². The molecular weight excluding hydrogens is 817 g/mol. The van der Waals surface area contributed by atoms with Crippen molar-refractivity contribution in [1.29, 1.82) is 10.5 Å². The summed E-state index contributed by atoms with van der Waals surface area (Å²) in [5, 5.41) is 59.0. The van der Waals surface area contributed by atoms with Crippen LogP contribution in [-0.2, 0) is 0 Å². The molecule has 310 valence electrons. The van der Waals surface area contributed by atoms with Gasteiger partial charge in [-0.25, -0.2) is 19.9 Å². The SMILES string of the molecule is N#Cc1cnn(-c2ncccn2)c1NNc1c(O)c(C(=O)Nc2ccc(NC(=O)c3cc4ccccc4c(NNc4c(C#N)cnn4-c4ncccn4)c3O)cc2)cc2ccccc12. The molecule has 4 heterocycles. The van der Waals surface area contributed by atoms with E-state index in [2.05, 4.69) is 74.6 Å². The lowest BCUT2D eigenvalue weighted by Gasteiger charge is -2.17. The van der Waals surface area contributed by atoms with E-state index in [1.54, 1.807) is 97.1 Å². The van der Waals surface area contributed by atoms with Gasteiger partial charge >= 0.3 is 0 Å². The second kappa shape index (κ2) is 16.9. The molecule has 0 bridgehead atoms. The van der Waals surface area contributed by atoms with E-state index < -0.39 is 11.8 Å². The largest absolute Gasteiger partial charge is 0.505 e. The quantitative estimate of drug-likeness (QED) is 0.0482. The molecule has 0 spiro atoms. The number of hydrogen-bond acceptors (Lipinski definition) is 16. The molecule has 0 saturated carbocycles. The maximum Gasteiger partial charge on any atom is 0.259 e. The Kier molecular flexibility index (Phi) is 10.4. The van der Waals surface area contributed by atoms with Crippen LogP contribution in [0.2, 0.25) is 0 Å². The third-order valence-electron chi connectivity index (χ3n) is 9.81. The number of carbonyl (C=O) groups excluding carboxylic acids is 2. The maximum absolute atomic E-state index is 13.8. The van der Waals surface area contributed by atoms with Crippen molar-refractivity contribution >= 4 is 67.7 Å². The number of aromatic hydroxyl groups is 2. The number of nitrogens with zero attached hydrogens (tertiary/aromatic N) is 10. The highest BCUT2D eigenvalue weighted by atomic mass is 16.3. The number of aromatic nitrogens is 8. The Morgan fingerprint density at radius 3 is 1.31 bits per heavy atom. The first-order valence-electron chi connectivity index (χ1n) is 19.1. The number of hydrogen-bond donors (Lipinski definition) is 8. The predicted octanol–water partition coefficient (Wildman–Crippen LogP) is 6.48. The van der Waals surface area contributed by atoms with Crippen molar-refractivity contribution < 1.29 is 19.8 Å². The van der Waals surface area contributed by atoms with Gasteiger partial charge in [0.2, 0.25) is 0 Å². The number of nitriles is 2. The summed E-state index contributed by atoms with van der Waals surface area (Å²) < 4.78 is 2.64. The van der Waals surface area contributed by atoms with Crippen LogP contribution in [0.5, 0.6) is 11.5 Å². The second-order valence-corrected chi connectivity index (χ2v) is 13.7. The van der Waals surface area contributed by atoms with Crippen LogP contribution < -0.4 is 32.3 Å². The molecule has 0 aliphatic rings. The number of amides is 2. The van der Waals surface area contributed by atoms with E-state index in [0.29, 0.717) is 32.9 Å². The third-order valence-corrected chi connectivity index (χ3v) is 9.81. The zero-order valence-electron chi connectivity index (χ0n) is 32.9. The molecule has 0 unspecified atom stereocenters. The van der Waals surface area contributed by atoms with Crippen LogP contribution in [0.15, 0.2) is 134 Å². The molecule has 9 rings (SSSR count). The third kappa shape index (κ3) is 7.51. The molecule has 8 N–H and O–H groups in total. The van der Waals surface area contributed by atoms with Crippen LogP contribution >= 0.6 is 0 Å². The molecule has 0 radical (unpaired) electrons. The Labute approximate surface area is 361 Å². The van der Waals surface area contributed by atoms with Crippen LogP contribution in [0.4, 0.5) is 34.4 Å². The van der Waals surface area contributed by atoms with Gasteiger partial charge in [0.05, 0.1) is 23.5 Å². The summed E-state index contributed by atoms with van der Waals surface area (Å²) in [5.41, 5.74) is 13.0. The summed E-state index contributed by atoms with van der Waals surface area (Å²) in [6, 6.07) is 30.9.